The van der Waals surface area contributed by atoms with Gasteiger partial charge in [-0.25, -0.2) is 14.2 Å². The fourth-order valence-corrected chi connectivity index (χ4v) is 5.96. The Morgan fingerprint density at radius 1 is 1.08 bits per heavy atom. The molecule has 6 nitrogen and oxygen atoms in total. The first-order valence-corrected chi connectivity index (χ1v) is 13.8. The van der Waals surface area contributed by atoms with E-state index in [0.29, 0.717) is 15.6 Å². The van der Waals surface area contributed by atoms with E-state index in [-0.39, 0.29) is 32.6 Å². The summed E-state index contributed by atoms with van der Waals surface area (Å²) in [7, 11) is 0. The van der Waals surface area contributed by atoms with E-state index in [9.17, 15) is 18.0 Å². The Morgan fingerprint density at radius 3 is 2.28 bits per heavy atom. The summed E-state index contributed by atoms with van der Waals surface area (Å²) in [5.74, 6) is -1.30. The number of benzene rings is 2. The van der Waals surface area contributed by atoms with E-state index in [1.165, 1.54) is 12.1 Å². The lowest BCUT2D eigenvalue weighted by molar-refractivity contribution is -0.137. The molecule has 0 radical (unpaired) electrons. The van der Waals surface area contributed by atoms with Crippen molar-refractivity contribution in [2.24, 2.45) is 5.73 Å². The number of carbonyl (C=O) groups is 1. The average molecular weight is 582 g/mol. The molecule has 0 aliphatic carbocycles. The number of ether oxygens (including phenoxy) is 2. The Kier molecular flexibility index (Phi) is 7.26. The van der Waals surface area contributed by atoms with E-state index in [4.69, 9.17) is 15.2 Å². The van der Waals surface area contributed by atoms with Crippen LogP contribution in [0.5, 0.6) is 10.9 Å². The zero-order chi connectivity index (χ0) is 29.1. The highest BCUT2D eigenvalue weighted by Crippen LogP contribution is 2.51. The molecule has 12 heteroatoms. The number of halogens is 4. The highest BCUT2D eigenvalue weighted by Gasteiger charge is 2.39. The first-order valence-electron chi connectivity index (χ1n) is 11.8. The fraction of sp³-hybridized carbons (Fsp3) is 0.370. The third-order valence-corrected chi connectivity index (χ3v) is 7.24. The largest absolute Gasteiger partial charge is 0.471 e. The first kappa shape index (κ1) is 28.9. The number of thiophene rings is 1. The number of aromatic nitrogens is 2. The van der Waals surface area contributed by atoms with Crippen LogP contribution in [0.15, 0.2) is 29.4 Å². The lowest BCUT2D eigenvalue weighted by Gasteiger charge is -2.24. The molecule has 0 fully saturated rings. The molecule has 2 heterocycles. The van der Waals surface area contributed by atoms with Gasteiger partial charge in [0.15, 0.2) is 16.0 Å². The minimum Gasteiger partial charge on any atom is -0.471 e. The van der Waals surface area contributed by atoms with Crippen LogP contribution in [-0.2, 0) is 11.6 Å². The molecule has 2 N–H and O–H groups in total. The van der Waals surface area contributed by atoms with Crippen LogP contribution in [0, 0.1) is 5.82 Å². The van der Waals surface area contributed by atoms with Gasteiger partial charge in [0.2, 0.25) is 5.88 Å². The van der Waals surface area contributed by atoms with Gasteiger partial charge >= 0.3 is 12.3 Å². The second kappa shape index (κ2) is 9.81. The molecule has 4 aromatic rings. The molecule has 0 unspecified atom stereocenters. The quantitative estimate of drug-likeness (QED) is 0.148. The second-order valence-corrected chi connectivity index (χ2v) is 12.6. The van der Waals surface area contributed by atoms with E-state index in [1.54, 1.807) is 33.1 Å². The summed E-state index contributed by atoms with van der Waals surface area (Å²) in [4.78, 5) is 20.1. The van der Waals surface area contributed by atoms with E-state index in [1.807, 2.05) is 20.8 Å². The smallest absolute Gasteiger partial charge is 0.417 e. The van der Waals surface area contributed by atoms with Gasteiger partial charge in [-0.2, -0.15) is 18.2 Å². The van der Waals surface area contributed by atoms with Gasteiger partial charge in [0.25, 0.3) is 0 Å². The Labute approximate surface area is 230 Å². The normalized spacial score (nSPS) is 12.8. The van der Waals surface area contributed by atoms with Gasteiger partial charge in [-0.15, -0.1) is 0 Å². The molecule has 0 bridgehead atoms. The zero-order valence-corrected chi connectivity index (χ0v) is 24.0. The van der Waals surface area contributed by atoms with Gasteiger partial charge in [0.1, 0.15) is 11.1 Å². The lowest BCUT2D eigenvalue weighted by atomic mass is 9.83. The number of primary amides is 1. The minimum atomic E-state index is -4.94. The van der Waals surface area contributed by atoms with E-state index in [2.05, 4.69) is 9.97 Å². The summed E-state index contributed by atoms with van der Waals surface area (Å²) in [5.41, 5.74) is 2.01. The Morgan fingerprint density at radius 2 is 1.74 bits per heavy atom. The lowest BCUT2D eigenvalue weighted by Crippen LogP contribution is -2.24. The van der Waals surface area contributed by atoms with Crippen LogP contribution in [0.1, 0.15) is 52.7 Å². The fourth-order valence-electron chi connectivity index (χ4n) is 4.31. The van der Waals surface area contributed by atoms with Crippen molar-refractivity contribution in [3.8, 4) is 22.1 Å². The van der Waals surface area contributed by atoms with E-state index in [0.717, 1.165) is 29.2 Å². The van der Waals surface area contributed by atoms with Gasteiger partial charge in [-0.1, -0.05) is 56.0 Å². The molecular formula is C27H27F4N3O3S2. The third-order valence-electron chi connectivity index (χ3n) is 5.66. The molecule has 2 aromatic carbocycles. The van der Waals surface area contributed by atoms with Crippen molar-refractivity contribution in [3.05, 3.63) is 41.2 Å². The Hall–Kier alpha value is -3.12. The summed E-state index contributed by atoms with van der Waals surface area (Å²) in [6, 6.07) is 5.45. The van der Waals surface area contributed by atoms with Crippen molar-refractivity contribution in [1.29, 1.82) is 0 Å². The van der Waals surface area contributed by atoms with Crippen LogP contribution in [0.25, 0.3) is 32.1 Å². The second-order valence-electron chi connectivity index (χ2n) is 10.9. The standard InChI is InChI=1S/C27H27F4N3O3S2/c1-25(2,3)18-17-12(9-8-10-15(17)39-22(18)36-23(32)35)16-14(27(29,30)31)11-13-20(19(16)28)33-24(38-7)34-21(13)37-26(4,5)6/h8-11H,1-7H3,(H2,32,35). The highest BCUT2D eigenvalue weighted by atomic mass is 32.2. The van der Waals surface area contributed by atoms with Crippen molar-refractivity contribution >= 4 is 50.2 Å². The molecule has 0 spiro atoms. The highest BCUT2D eigenvalue weighted by molar-refractivity contribution is 7.98. The van der Waals surface area contributed by atoms with Crippen molar-refractivity contribution in [3.63, 3.8) is 0 Å². The maximum Gasteiger partial charge on any atom is 0.417 e. The topological polar surface area (TPSA) is 87.3 Å². The Bertz CT molecular complexity index is 1600. The maximum absolute atomic E-state index is 16.5. The van der Waals surface area contributed by atoms with Crippen LogP contribution in [0.4, 0.5) is 22.4 Å². The van der Waals surface area contributed by atoms with Crippen LogP contribution >= 0.6 is 23.1 Å². The average Bonchev–Trinajstić information content (AvgIpc) is 3.15. The molecule has 0 aliphatic heterocycles. The van der Waals surface area contributed by atoms with Gasteiger partial charge in [-0.3, -0.25) is 0 Å². The van der Waals surface area contributed by atoms with Crippen LogP contribution in [-0.4, -0.2) is 27.9 Å². The van der Waals surface area contributed by atoms with Crippen molar-refractivity contribution in [2.75, 3.05) is 6.26 Å². The SMILES string of the molecule is CSc1nc(OC(C)(C)C)c2cc(C(F)(F)F)c(-c3cccc4sc(OC(N)=O)c(C(C)(C)C)c34)c(F)c2n1. The number of hydrogen-bond acceptors (Lipinski definition) is 7. The number of carbonyl (C=O) groups excluding carboxylic acids is 1. The predicted molar refractivity (Wildman–Crippen MR) is 146 cm³/mol. The number of nitrogens with zero attached hydrogens (tertiary/aromatic N) is 2. The number of fused-ring (bicyclic) bond motifs is 2. The number of nitrogens with two attached hydrogens (primary N) is 1. The van der Waals surface area contributed by atoms with Crippen molar-refractivity contribution in [2.45, 2.75) is 63.9 Å². The monoisotopic (exact) mass is 581 g/mol. The van der Waals surface area contributed by atoms with E-state index >= 15 is 4.39 Å². The molecular weight excluding hydrogens is 554 g/mol. The maximum atomic E-state index is 16.5. The molecule has 39 heavy (non-hydrogen) atoms. The molecule has 1 amide bonds. The number of amides is 1. The van der Waals surface area contributed by atoms with Gasteiger partial charge in [0.05, 0.1) is 10.9 Å². The summed E-state index contributed by atoms with van der Waals surface area (Å²) in [6.45, 7) is 10.6. The van der Waals surface area contributed by atoms with Crippen LogP contribution in [0.3, 0.4) is 0 Å². The molecule has 0 aliphatic rings. The van der Waals surface area contributed by atoms with Gasteiger partial charge in [0, 0.05) is 21.2 Å². The summed E-state index contributed by atoms with van der Waals surface area (Å²) in [6.07, 6.45) is -4.32. The Balaban J connectivity index is 2.20. The number of alkyl halides is 3. The number of hydrogen-bond donors (Lipinski definition) is 1. The predicted octanol–water partition coefficient (Wildman–Crippen LogP) is 8.32. The third kappa shape index (κ3) is 5.62. The van der Waals surface area contributed by atoms with Gasteiger partial charge < -0.3 is 15.2 Å². The zero-order valence-electron chi connectivity index (χ0n) is 22.3. The van der Waals surface area contributed by atoms with Gasteiger partial charge in [-0.05, 0) is 50.1 Å². The molecule has 0 saturated carbocycles. The van der Waals surface area contributed by atoms with E-state index < -0.39 is 40.2 Å². The molecule has 2 aromatic heterocycles. The first-order chi connectivity index (χ1) is 17.9. The number of thioether (sulfide) groups is 1. The minimum absolute atomic E-state index is 0.0117. The number of rotatable bonds is 4. The molecule has 208 valence electrons. The summed E-state index contributed by atoms with van der Waals surface area (Å²) >= 11 is 2.16. The van der Waals surface area contributed by atoms with Crippen molar-refractivity contribution < 1.29 is 31.8 Å². The summed E-state index contributed by atoms with van der Waals surface area (Å²) in [5, 5.41) is 0.426. The van der Waals surface area contributed by atoms with Crippen molar-refractivity contribution in [1.82, 2.24) is 9.97 Å². The summed E-state index contributed by atoms with van der Waals surface area (Å²) < 4.78 is 72.0. The molecule has 0 atom stereocenters. The van der Waals surface area contributed by atoms with Crippen LogP contribution < -0.4 is 15.2 Å². The molecule has 0 saturated heterocycles. The van der Waals surface area contributed by atoms with Crippen LogP contribution in [0.2, 0.25) is 0 Å². The molecule has 4 rings (SSSR count).